The molecule has 0 aromatic rings. The smallest absolute Gasteiger partial charge is 0.0469 e. The SMILES string of the molecule is CC(C)CC(C)C.CCC.CCC.CCCC.CCCC.CCCC.CCCCC.CCCCC.CCCCC.CCCCCCC. The summed E-state index contributed by atoms with van der Waals surface area (Å²) in [5.74, 6) is 1.75. The van der Waals surface area contributed by atoms with Crippen molar-refractivity contribution in [2.24, 2.45) is 11.8 Å². The maximum atomic E-state index is 2.26. The maximum absolute atomic E-state index is 2.26. The Morgan fingerprint density at radius 1 is 0.213 bits per heavy atom. The predicted octanol–water partition coefficient (Wildman–Crippen LogP) is 20.5. The third-order valence-corrected chi connectivity index (χ3v) is 5.77. The minimum Gasteiger partial charge on any atom is -0.0656 e. The first-order valence-electron chi connectivity index (χ1n) is 22.4. The monoisotopic (exact) mass is 679 g/mol. The van der Waals surface area contributed by atoms with E-state index in [9.17, 15) is 0 Å². The van der Waals surface area contributed by atoms with Crippen molar-refractivity contribution in [1.29, 1.82) is 0 Å². The molecule has 0 amide bonds. The van der Waals surface area contributed by atoms with Crippen LogP contribution in [0.3, 0.4) is 0 Å². The molecule has 0 unspecified atom stereocenters. The van der Waals surface area contributed by atoms with Crippen LogP contribution in [-0.4, -0.2) is 0 Å². The van der Waals surface area contributed by atoms with Gasteiger partial charge in [0.1, 0.15) is 0 Å². The number of rotatable bonds is 15. The zero-order valence-corrected chi connectivity index (χ0v) is 39.4. The number of unbranched alkanes of at least 4 members (excludes halogenated alkanes) is 13. The standard InChI is InChI=1S/2C7H16.3C5H12.3C4H10.2C3H8/c1-6(2)5-7(3)4;1-3-5-7-6-4-2;3*1-3-5-4-2;3*1-3-4-2;2*1-3-2/h6-7H,5H2,1-4H3;3-7H2,1-2H3;3*3-5H2,1-2H3;3*3-4H2,1-2H3;2*3H2,1-2H3. The largest absolute Gasteiger partial charge is 0.0656 e. The fourth-order valence-electron chi connectivity index (χ4n) is 2.68. The molecule has 0 saturated heterocycles. The van der Waals surface area contributed by atoms with Gasteiger partial charge in [0.15, 0.2) is 0 Å². The number of hydrogen-bond acceptors (Lipinski definition) is 0. The molecule has 0 nitrogen and oxygen atoms in total. The van der Waals surface area contributed by atoms with Crippen molar-refractivity contribution in [2.45, 2.75) is 300 Å². The van der Waals surface area contributed by atoms with Crippen LogP contribution in [0.1, 0.15) is 300 Å². The van der Waals surface area contributed by atoms with E-state index < -0.39 is 0 Å². The summed E-state index contributed by atoms with van der Waals surface area (Å²) in [6, 6.07) is 0. The summed E-state index contributed by atoms with van der Waals surface area (Å²) in [5, 5.41) is 0. The van der Waals surface area contributed by atoms with Crippen LogP contribution in [0.2, 0.25) is 0 Å². The maximum Gasteiger partial charge on any atom is -0.0469 e. The lowest BCUT2D eigenvalue weighted by atomic mass is 10.0. The highest BCUT2D eigenvalue weighted by Crippen LogP contribution is 2.08. The van der Waals surface area contributed by atoms with Gasteiger partial charge in [-0.15, -0.1) is 0 Å². The summed E-state index contributed by atoms with van der Waals surface area (Å²) >= 11 is 0. The van der Waals surface area contributed by atoms with Gasteiger partial charge in [-0.05, 0) is 18.3 Å². The van der Waals surface area contributed by atoms with Crippen LogP contribution in [0.25, 0.3) is 0 Å². The van der Waals surface area contributed by atoms with E-state index in [0.717, 1.165) is 11.8 Å². The Hall–Kier alpha value is 0. The van der Waals surface area contributed by atoms with Crippen molar-refractivity contribution in [2.75, 3.05) is 0 Å². The van der Waals surface area contributed by atoms with Gasteiger partial charge in [-0.25, -0.2) is 0 Å². The van der Waals surface area contributed by atoms with Crippen molar-refractivity contribution < 1.29 is 0 Å². The molecular formula is C47H114. The second-order valence-corrected chi connectivity index (χ2v) is 13.6. The topological polar surface area (TPSA) is 0 Å². The Labute approximate surface area is 311 Å². The van der Waals surface area contributed by atoms with E-state index in [1.807, 2.05) is 0 Å². The minimum atomic E-state index is 0.875. The van der Waals surface area contributed by atoms with Crippen molar-refractivity contribution in [3.63, 3.8) is 0 Å². The summed E-state index contributed by atoms with van der Waals surface area (Å²) in [6.45, 7) is 48.4. The average Bonchev–Trinajstić information content (AvgIpc) is 3.04. The van der Waals surface area contributed by atoms with Gasteiger partial charge in [0.05, 0.1) is 0 Å². The highest BCUT2D eigenvalue weighted by molar-refractivity contribution is 4.47. The van der Waals surface area contributed by atoms with Crippen molar-refractivity contribution in [1.82, 2.24) is 0 Å². The Bertz CT molecular complexity index is 230. The first-order valence-corrected chi connectivity index (χ1v) is 22.4. The lowest BCUT2D eigenvalue weighted by Gasteiger charge is -2.05. The van der Waals surface area contributed by atoms with Gasteiger partial charge in [-0.1, -0.05) is 294 Å². The lowest BCUT2D eigenvalue weighted by Crippen LogP contribution is -1.93. The second kappa shape index (κ2) is 111. The van der Waals surface area contributed by atoms with E-state index in [-0.39, 0.29) is 0 Å². The molecular weight excluding hydrogens is 565 g/mol. The van der Waals surface area contributed by atoms with E-state index >= 15 is 0 Å². The van der Waals surface area contributed by atoms with Crippen LogP contribution < -0.4 is 0 Å². The fraction of sp³-hybridized carbons (Fsp3) is 1.00. The molecule has 0 atom stereocenters. The summed E-state index contributed by atoms with van der Waals surface area (Å²) in [6.07, 6.45) is 31.0. The van der Waals surface area contributed by atoms with Gasteiger partial charge < -0.3 is 0 Å². The fourth-order valence-corrected chi connectivity index (χ4v) is 2.68. The molecule has 47 heavy (non-hydrogen) atoms. The molecule has 0 rings (SSSR count). The van der Waals surface area contributed by atoms with E-state index in [1.165, 1.54) is 148 Å². The predicted molar refractivity (Wildman–Crippen MR) is 238 cm³/mol. The van der Waals surface area contributed by atoms with Gasteiger partial charge in [0.2, 0.25) is 0 Å². The van der Waals surface area contributed by atoms with Crippen LogP contribution in [0.5, 0.6) is 0 Å². The van der Waals surface area contributed by atoms with E-state index in [2.05, 4.69) is 152 Å². The summed E-state index contributed by atoms with van der Waals surface area (Å²) in [4.78, 5) is 0. The van der Waals surface area contributed by atoms with Gasteiger partial charge in [-0.2, -0.15) is 0 Å². The summed E-state index contributed by atoms with van der Waals surface area (Å²) in [7, 11) is 0. The molecule has 0 heterocycles. The van der Waals surface area contributed by atoms with Gasteiger partial charge in [0.25, 0.3) is 0 Å². The van der Waals surface area contributed by atoms with Gasteiger partial charge in [0, 0.05) is 0 Å². The highest BCUT2D eigenvalue weighted by atomic mass is 14.0. The normalized spacial score (nSPS) is 8.43. The molecule has 0 N–H and O–H groups in total. The lowest BCUT2D eigenvalue weighted by molar-refractivity contribution is 0.469. The average molecular weight is 679 g/mol. The van der Waals surface area contributed by atoms with Crippen LogP contribution in [0.4, 0.5) is 0 Å². The molecule has 0 heteroatoms. The quantitative estimate of drug-likeness (QED) is 0.151. The van der Waals surface area contributed by atoms with Crippen molar-refractivity contribution in [3.05, 3.63) is 0 Å². The van der Waals surface area contributed by atoms with Crippen LogP contribution >= 0.6 is 0 Å². The van der Waals surface area contributed by atoms with Crippen molar-refractivity contribution in [3.8, 4) is 0 Å². The molecule has 0 saturated carbocycles. The van der Waals surface area contributed by atoms with Crippen molar-refractivity contribution >= 4 is 0 Å². The summed E-state index contributed by atoms with van der Waals surface area (Å²) in [5.41, 5.74) is 0. The van der Waals surface area contributed by atoms with Crippen LogP contribution in [-0.2, 0) is 0 Å². The first-order chi connectivity index (χ1) is 22.4. The summed E-state index contributed by atoms with van der Waals surface area (Å²) < 4.78 is 0. The highest BCUT2D eigenvalue weighted by Gasteiger charge is 1.95. The zero-order chi connectivity index (χ0) is 39.4. The van der Waals surface area contributed by atoms with Gasteiger partial charge >= 0.3 is 0 Å². The second-order valence-electron chi connectivity index (χ2n) is 13.6. The molecule has 0 fully saturated rings. The molecule has 0 aliphatic heterocycles. The van der Waals surface area contributed by atoms with E-state index in [1.54, 1.807) is 0 Å². The Kier molecular flexibility index (Phi) is 171. The molecule has 302 valence electrons. The molecule has 0 aliphatic rings. The third-order valence-electron chi connectivity index (χ3n) is 5.77. The molecule has 0 radical (unpaired) electrons. The number of hydrogen-bond donors (Lipinski definition) is 0. The molecule has 0 aromatic heterocycles. The van der Waals surface area contributed by atoms with E-state index in [4.69, 9.17) is 0 Å². The Balaban J connectivity index is -0.0000000410. The Morgan fingerprint density at radius 2 is 0.362 bits per heavy atom. The zero-order valence-electron chi connectivity index (χ0n) is 39.4. The molecule has 0 bridgehead atoms. The molecule has 0 aliphatic carbocycles. The Morgan fingerprint density at radius 3 is 0.404 bits per heavy atom. The minimum absolute atomic E-state index is 0.875. The van der Waals surface area contributed by atoms with E-state index in [0.29, 0.717) is 0 Å². The molecule has 0 spiro atoms. The van der Waals surface area contributed by atoms with Crippen LogP contribution in [0, 0.1) is 11.8 Å². The molecule has 0 aromatic carbocycles. The first kappa shape index (κ1) is 72.6. The van der Waals surface area contributed by atoms with Gasteiger partial charge in [-0.3, -0.25) is 0 Å². The third kappa shape index (κ3) is 308. The van der Waals surface area contributed by atoms with Crippen LogP contribution in [0.15, 0.2) is 0 Å².